The Kier molecular flexibility index (Phi) is 3.02. The molecule has 1 fully saturated rings. The minimum Gasteiger partial charge on any atom is -0.399 e. The van der Waals surface area contributed by atoms with Gasteiger partial charge in [0.15, 0.2) is 0 Å². The van der Waals surface area contributed by atoms with Crippen LogP contribution in [0.3, 0.4) is 0 Å². The van der Waals surface area contributed by atoms with Crippen LogP contribution in [-0.2, 0) is 14.3 Å². The summed E-state index contributed by atoms with van der Waals surface area (Å²) in [6.45, 7) is 4.09. The Morgan fingerprint density at radius 1 is 0.909 bits per heavy atom. The summed E-state index contributed by atoms with van der Waals surface area (Å²) < 4.78 is 15.7. The number of fused-ring (bicyclic) bond motifs is 1. The van der Waals surface area contributed by atoms with Crippen molar-refractivity contribution >= 4 is 24.7 Å². The number of rotatable bonds is 2. The third-order valence-electron chi connectivity index (χ3n) is 3.66. The van der Waals surface area contributed by atoms with Crippen LogP contribution in [-0.4, -0.2) is 18.5 Å². The zero-order valence-corrected chi connectivity index (χ0v) is 12.3. The molecule has 2 aromatic rings. The number of nitrogens with zero attached hydrogens (tertiary/aromatic N) is 3. The molecule has 6 nitrogen and oxygen atoms in total. The first kappa shape index (κ1) is 13.2. The molecule has 3 aliphatic heterocycles. The maximum Gasteiger partial charge on any atom is 0.784 e. The highest BCUT2D eigenvalue weighted by atomic mass is 17.1. The lowest BCUT2D eigenvalue weighted by Crippen LogP contribution is -2.61. The molecule has 0 aliphatic carbocycles. The summed E-state index contributed by atoms with van der Waals surface area (Å²) in [5.41, 5.74) is 4.18. The van der Waals surface area contributed by atoms with Gasteiger partial charge in [-0.2, -0.15) is 0 Å². The van der Waals surface area contributed by atoms with Gasteiger partial charge in [-0.25, -0.2) is 9.51 Å². The lowest BCUT2D eigenvalue weighted by molar-refractivity contribution is -0.339. The van der Waals surface area contributed by atoms with Gasteiger partial charge in [0.05, 0.1) is 11.4 Å². The van der Waals surface area contributed by atoms with Gasteiger partial charge in [-0.05, 0) is 37.1 Å². The molecule has 0 N–H and O–H groups in total. The van der Waals surface area contributed by atoms with Crippen molar-refractivity contribution in [3.8, 4) is 0 Å². The van der Waals surface area contributed by atoms with Gasteiger partial charge in [-0.1, -0.05) is 41.6 Å². The van der Waals surface area contributed by atoms with E-state index in [0.717, 1.165) is 22.5 Å². The van der Waals surface area contributed by atoms with Gasteiger partial charge >= 0.3 is 7.32 Å². The summed E-state index contributed by atoms with van der Waals surface area (Å²) in [5, 5.41) is 5.38. The average Bonchev–Trinajstić information content (AvgIpc) is 2.51. The van der Waals surface area contributed by atoms with Crippen LogP contribution in [0, 0.1) is 13.8 Å². The predicted octanol–water partition coefficient (Wildman–Crippen LogP) is 2.91. The largest absolute Gasteiger partial charge is 0.784 e. The maximum atomic E-state index is 5.31. The molecule has 3 aliphatic rings. The topological polar surface area (TPSA) is 46.5 Å². The Hall–Kier alpha value is -2.51. The van der Waals surface area contributed by atoms with Gasteiger partial charge in [0, 0.05) is 0 Å². The monoisotopic (exact) mass is 295 g/mol. The second kappa shape index (κ2) is 5.05. The molecule has 7 heteroatoms. The van der Waals surface area contributed by atoms with E-state index in [1.807, 2.05) is 67.3 Å². The Balaban J connectivity index is 1.87. The third kappa shape index (κ3) is 2.02. The molecule has 110 valence electrons. The smallest absolute Gasteiger partial charge is 0.399 e. The van der Waals surface area contributed by atoms with Crippen molar-refractivity contribution in [2.45, 2.75) is 13.8 Å². The molecule has 0 unspecified atom stereocenters. The summed E-state index contributed by atoms with van der Waals surface area (Å²) in [5.74, 6) is 0.436. The summed E-state index contributed by atoms with van der Waals surface area (Å²) in [7, 11) is -0.737. The second-order valence-electron chi connectivity index (χ2n) is 5.16. The highest BCUT2D eigenvalue weighted by Crippen LogP contribution is 2.34. The molecule has 0 atom stereocenters. The highest BCUT2D eigenvalue weighted by Gasteiger charge is 2.51. The fourth-order valence-electron chi connectivity index (χ4n) is 2.52. The van der Waals surface area contributed by atoms with Crippen molar-refractivity contribution in [1.82, 2.24) is 5.23 Å². The van der Waals surface area contributed by atoms with Crippen LogP contribution in [0.5, 0.6) is 0 Å². The molecule has 22 heavy (non-hydrogen) atoms. The zero-order valence-electron chi connectivity index (χ0n) is 12.3. The molecule has 0 spiro atoms. The molecule has 0 aromatic heterocycles. The summed E-state index contributed by atoms with van der Waals surface area (Å²) >= 11 is 0. The number of hydrogen-bond acceptors (Lipinski definition) is 6. The van der Waals surface area contributed by atoms with Crippen molar-refractivity contribution in [2.24, 2.45) is 5.16 Å². The normalized spacial score (nSPS) is 15.8. The minimum absolute atomic E-state index is 0.436. The van der Waals surface area contributed by atoms with E-state index in [-0.39, 0.29) is 0 Å². The van der Waals surface area contributed by atoms with E-state index in [4.69, 9.17) is 14.3 Å². The molecule has 3 heterocycles. The Bertz CT molecular complexity index is 701. The van der Waals surface area contributed by atoms with E-state index in [9.17, 15) is 0 Å². The molecule has 2 aromatic carbocycles. The number of hydroxylamine groups is 2. The zero-order chi connectivity index (χ0) is 15.1. The third-order valence-corrected chi connectivity index (χ3v) is 3.66. The first-order valence-corrected chi connectivity index (χ1v) is 7.03. The number of benzene rings is 2. The van der Waals surface area contributed by atoms with E-state index in [1.165, 1.54) is 5.23 Å². The van der Waals surface area contributed by atoms with Crippen LogP contribution in [0.2, 0.25) is 0 Å². The van der Waals surface area contributed by atoms with Crippen LogP contribution in [0.25, 0.3) is 0 Å². The first-order chi connectivity index (χ1) is 10.7. The van der Waals surface area contributed by atoms with E-state index in [1.54, 1.807) is 0 Å². The molecule has 0 amide bonds. The van der Waals surface area contributed by atoms with Crippen molar-refractivity contribution in [3.05, 3.63) is 59.7 Å². The molecule has 0 radical (unpaired) electrons. The standard InChI is InChI=1S/C15H14BN3O3/c1-11-7-3-5-9-13(11)18(14-10-6-4-8-12(14)2)15-17-20-16-21-19(15)22-16/h3-10H,1-2H3. The molecular weight excluding hydrogens is 281 g/mol. The fraction of sp³-hybridized carbons (Fsp3) is 0.133. The summed E-state index contributed by atoms with van der Waals surface area (Å²) in [6, 6.07) is 16.1. The lowest BCUT2D eigenvalue weighted by atomic mass is 10.1. The van der Waals surface area contributed by atoms with E-state index in [0.29, 0.717) is 5.96 Å². The van der Waals surface area contributed by atoms with Crippen molar-refractivity contribution < 1.29 is 14.3 Å². The Morgan fingerprint density at radius 2 is 1.45 bits per heavy atom. The van der Waals surface area contributed by atoms with Crippen molar-refractivity contribution in [2.75, 3.05) is 4.90 Å². The molecule has 1 saturated heterocycles. The van der Waals surface area contributed by atoms with Crippen LogP contribution < -0.4 is 4.90 Å². The molecule has 2 bridgehead atoms. The second-order valence-corrected chi connectivity index (χ2v) is 5.16. The van der Waals surface area contributed by atoms with Crippen LogP contribution in [0.1, 0.15) is 11.1 Å². The number of guanidine groups is 1. The van der Waals surface area contributed by atoms with Gasteiger partial charge in [-0.15, -0.1) is 5.23 Å². The molecular formula is C15H14BN3O3. The maximum absolute atomic E-state index is 5.31. The van der Waals surface area contributed by atoms with E-state index >= 15 is 0 Å². The van der Waals surface area contributed by atoms with Crippen molar-refractivity contribution in [3.63, 3.8) is 0 Å². The lowest BCUT2D eigenvalue weighted by Gasteiger charge is -2.41. The quantitative estimate of drug-likeness (QED) is 0.797. The fourth-order valence-corrected chi connectivity index (χ4v) is 2.52. The number of anilines is 2. The number of hydrogen-bond donors (Lipinski definition) is 0. The van der Waals surface area contributed by atoms with Gasteiger partial charge in [0.1, 0.15) is 0 Å². The van der Waals surface area contributed by atoms with E-state index in [2.05, 4.69) is 5.16 Å². The van der Waals surface area contributed by atoms with Gasteiger partial charge in [0.25, 0.3) is 5.96 Å². The number of para-hydroxylation sites is 2. The molecule has 5 rings (SSSR count). The SMILES string of the molecule is Cc1ccccc1N(C1=NOB2ON1O2)c1ccccc1C. The van der Waals surface area contributed by atoms with Gasteiger partial charge in [0.2, 0.25) is 0 Å². The van der Waals surface area contributed by atoms with Gasteiger partial charge in [-0.3, -0.25) is 4.90 Å². The minimum atomic E-state index is -0.737. The van der Waals surface area contributed by atoms with Crippen molar-refractivity contribution in [1.29, 1.82) is 0 Å². The van der Waals surface area contributed by atoms with Crippen LogP contribution >= 0.6 is 0 Å². The van der Waals surface area contributed by atoms with Gasteiger partial charge < -0.3 is 4.76 Å². The summed E-state index contributed by atoms with van der Waals surface area (Å²) in [4.78, 5) is 1.96. The predicted molar refractivity (Wildman–Crippen MR) is 82.8 cm³/mol. The average molecular weight is 295 g/mol. The Labute approximate surface area is 128 Å². The van der Waals surface area contributed by atoms with Crippen LogP contribution in [0.15, 0.2) is 53.7 Å². The highest BCUT2D eigenvalue weighted by molar-refractivity contribution is 6.39. The van der Waals surface area contributed by atoms with E-state index < -0.39 is 7.32 Å². The number of oxime groups is 1. The number of aryl methyl sites for hydroxylation is 2. The van der Waals surface area contributed by atoms with Crippen LogP contribution in [0.4, 0.5) is 11.4 Å². The molecule has 0 saturated carbocycles. The summed E-state index contributed by atoms with van der Waals surface area (Å²) in [6.07, 6.45) is 0. The first-order valence-electron chi connectivity index (χ1n) is 7.03. The Morgan fingerprint density at radius 3 is 1.91 bits per heavy atom.